The fraction of sp³-hybridized carbons (Fsp3) is 0.300. The molecule has 0 saturated carbocycles. The van der Waals surface area contributed by atoms with Crippen LogP contribution >= 0.6 is 0 Å². The zero-order valence-corrected chi connectivity index (χ0v) is 24.3. The highest BCUT2D eigenvalue weighted by molar-refractivity contribution is 6.05. The summed E-state index contributed by atoms with van der Waals surface area (Å²) in [4.78, 5) is 32.4. The molecule has 0 bridgehead atoms. The number of allylic oxidation sites excluding steroid dienone is 2. The highest BCUT2D eigenvalue weighted by atomic mass is 19.4. The van der Waals surface area contributed by atoms with Gasteiger partial charge in [-0.3, -0.25) is 9.79 Å². The third-order valence-electron chi connectivity index (χ3n) is 6.11. The highest BCUT2D eigenvalue weighted by Gasteiger charge is 2.30. The summed E-state index contributed by atoms with van der Waals surface area (Å²) in [5, 5.41) is 11.6. The van der Waals surface area contributed by atoms with Gasteiger partial charge in [-0.1, -0.05) is 29.8 Å². The number of amides is 1. The minimum absolute atomic E-state index is 0.0419. The van der Waals surface area contributed by atoms with Crippen molar-refractivity contribution in [3.63, 3.8) is 0 Å². The third kappa shape index (κ3) is 9.72. The van der Waals surface area contributed by atoms with Gasteiger partial charge in [0.25, 0.3) is 5.91 Å². The number of nitrogens with zero attached hydrogens (tertiary/aromatic N) is 3. The van der Waals surface area contributed by atoms with Crippen LogP contribution in [0.25, 0.3) is 0 Å². The molecule has 9 nitrogen and oxygen atoms in total. The fourth-order valence-electron chi connectivity index (χ4n) is 3.66. The number of alkyl halides is 3. The van der Waals surface area contributed by atoms with Gasteiger partial charge in [-0.15, -0.1) is 0 Å². The number of nitrogens with two attached hydrogens (primary N) is 1. The minimum Gasteiger partial charge on any atom is -0.388 e. The summed E-state index contributed by atoms with van der Waals surface area (Å²) in [5.41, 5.74) is 9.78. The number of amidine groups is 1. The predicted molar refractivity (Wildman–Crippen MR) is 163 cm³/mol. The second kappa shape index (κ2) is 15.9. The molecule has 224 valence electrons. The average Bonchev–Trinajstić information content (AvgIpc) is 2.96. The van der Waals surface area contributed by atoms with Crippen LogP contribution in [0.5, 0.6) is 0 Å². The molecule has 0 aliphatic rings. The number of benzene rings is 2. The SMILES string of the molecule is CC=NC(=C\C(NC)=C(C)CC)/C(=C/NCCN=O)C(N)=Nc1cc(NC(=O)c2cccc(C(F)(F)F)c2)ccc1C. The van der Waals surface area contributed by atoms with E-state index in [1.807, 2.05) is 19.9 Å². The number of anilines is 1. The molecule has 0 saturated heterocycles. The first-order chi connectivity index (χ1) is 19.9. The van der Waals surface area contributed by atoms with Crippen LogP contribution in [0.2, 0.25) is 0 Å². The van der Waals surface area contributed by atoms with Crippen LogP contribution in [0.3, 0.4) is 0 Å². The Morgan fingerprint density at radius 3 is 2.50 bits per heavy atom. The number of rotatable bonds is 13. The molecule has 0 aromatic heterocycles. The fourth-order valence-corrected chi connectivity index (χ4v) is 3.66. The number of hydrogen-bond donors (Lipinski definition) is 4. The Morgan fingerprint density at radius 2 is 1.88 bits per heavy atom. The highest BCUT2D eigenvalue weighted by Crippen LogP contribution is 2.30. The smallest absolute Gasteiger partial charge is 0.388 e. The molecule has 1 amide bonds. The number of aliphatic imine (C=N–C) groups is 2. The van der Waals surface area contributed by atoms with Gasteiger partial charge in [-0.05, 0) is 69.2 Å². The molecule has 0 unspecified atom stereocenters. The first-order valence-electron chi connectivity index (χ1n) is 13.2. The van der Waals surface area contributed by atoms with Crippen molar-refractivity contribution in [1.82, 2.24) is 10.6 Å². The number of aryl methyl sites for hydroxylation is 1. The van der Waals surface area contributed by atoms with Gasteiger partial charge >= 0.3 is 6.18 Å². The summed E-state index contributed by atoms with van der Waals surface area (Å²) in [6.45, 7) is 7.90. The summed E-state index contributed by atoms with van der Waals surface area (Å²) in [6.07, 6.45) is 1.29. The largest absolute Gasteiger partial charge is 0.416 e. The number of hydrogen-bond acceptors (Lipinski definition) is 7. The maximum atomic E-state index is 13.1. The zero-order valence-electron chi connectivity index (χ0n) is 24.3. The number of halogens is 3. The van der Waals surface area contributed by atoms with Gasteiger partial charge in [0.15, 0.2) is 0 Å². The Bertz CT molecular complexity index is 1420. The maximum absolute atomic E-state index is 13.1. The van der Waals surface area contributed by atoms with Crippen molar-refractivity contribution in [3.8, 4) is 0 Å². The van der Waals surface area contributed by atoms with E-state index in [1.165, 1.54) is 12.1 Å². The van der Waals surface area contributed by atoms with Gasteiger partial charge in [0.1, 0.15) is 5.84 Å². The van der Waals surface area contributed by atoms with Crippen molar-refractivity contribution < 1.29 is 18.0 Å². The van der Waals surface area contributed by atoms with E-state index in [-0.39, 0.29) is 24.5 Å². The number of carbonyl (C=O) groups excluding carboxylic acids is 1. The quantitative estimate of drug-likeness (QED) is 0.0715. The van der Waals surface area contributed by atoms with E-state index in [1.54, 1.807) is 51.5 Å². The summed E-state index contributed by atoms with van der Waals surface area (Å²) >= 11 is 0. The average molecular weight is 584 g/mol. The van der Waals surface area contributed by atoms with Gasteiger partial charge in [0, 0.05) is 43.0 Å². The Balaban J connectivity index is 2.52. The monoisotopic (exact) mass is 583 g/mol. The molecule has 0 aliphatic carbocycles. The van der Waals surface area contributed by atoms with Gasteiger partial charge in [-0.2, -0.15) is 18.1 Å². The van der Waals surface area contributed by atoms with Crippen molar-refractivity contribution in [2.24, 2.45) is 20.9 Å². The molecule has 2 aromatic rings. The standard InChI is InChI=1S/C30H36F3N7O2/c1-6-19(3)25(35-5)17-27(37-7-2)24(18-36-13-14-38-42)28(34)40-26-16-23(12-11-20(26)4)39-29(41)21-9-8-10-22(15-21)30(31,32)33/h7-12,15-18,35-36H,6,13-14H2,1-5H3,(H2,34,40)(H,39,41)/b24-18-,25-19?,27-17-,37-7?. The van der Waals surface area contributed by atoms with Crippen molar-refractivity contribution in [2.75, 3.05) is 25.5 Å². The number of likely N-dealkylation sites (N-methyl/N-ethyl adjacent to an activating group) is 1. The summed E-state index contributed by atoms with van der Waals surface area (Å²) in [5.74, 6) is -0.617. The molecular formula is C30H36F3N7O2. The molecule has 12 heteroatoms. The van der Waals surface area contributed by atoms with Crippen molar-refractivity contribution in [2.45, 2.75) is 40.3 Å². The first-order valence-corrected chi connectivity index (χ1v) is 13.2. The molecule has 0 aliphatic heterocycles. The Kier molecular flexibility index (Phi) is 12.7. The van der Waals surface area contributed by atoms with Crippen LogP contribution in [0.1, 0.15) is 48.7 Å². The second-order valence-corrected chi connectivity index (χ2v) is 9.11. The summed E-state index contributed by atoms with van der Waals surface area (Å²) in [7, 11) is 1.80. The lowest BCUT2D eigenvalue weighted by Gasteiger charge is -2.13. The van der Waals surface area contributed by atoms with Crippen LogP contribution in [0.15, 0.2) is 92.4 Å². The topological polar surface area (TPSA) is 133 Å². The first kappa shape index (κ1) is 33.5. The molecule has 0 atom stereocenters. The van der Waals surface area contributed by atoms with Crippen molar-refractivity contribution in [1.29, 1.82) is 0 Å². The summed E-state index contributed by atoms with van der Waals surface area (Å²) in [6, 6.07) is 9.07. The summed E-state index contributed by atoms with van der Waals surface area (Å²) < 4.78 is 39.3. The van der Waals surface area contributed by atoms with Crippen molar-refractivity contribution >= 4 is 29.3 Å². The van der Waals surface area contributed by atoms with Crippen LogP contribution in [0, 0.1) is 11.8 Å². The Morgan fingerprint density at radius 1 is 1.14 bits per heavy atom. The lowest BCUT2D eigenvalue weighted by atomic mass is 10.1. The maximum Gasteiger partial charge on any atom is 0.416 e. The van der Waals surface area contributed by atoms with E-state index in [0.717, 1.165) is 35.4 Å². The minimum atomic E-state index is -4.57. The van der Waals surface area contributed by atoms with Crippen LogP contribution in [-0.2, 0) is 6.18 Å². The van der Waals surface area contributed by atoms with E-state index in [2.05, 4.69) is 31.1 Å². The molecule has 0 radical (unpaired) electrons. The second-order valence-electron chi connectivity index (χ2n) is 9.11. The number of carbonyl (C=O) groups is 1. The van der Waals surface area contributed by atoms with Crippen LogP contribution < -0.4 is 21.7 Å². The number of nitroso groups, excluding NO2 is 1. The Labute approximate surface area is 243 Å². The molecule has 0 fully saturated rings. The molecule has 0 heterocycles. The number of nitrogens with one attached hydrogen (secondary N) is 3. The van der Waals surface area contributed by atoms with Gasteiger partial charge < -0.3 is 21.7 Å². The van der Waals surface area contributed by atoms with Crippen LogP contribution in [0.4, 0.5) is 24.5 Å². The van der Waals surface area contributed by atoms with Gasteiger partial charge in [0.2, 0.25) is 0 Å². The normalized spacial score (nSPS) is 13.6. The third-order valence-corrected chi connectivity index (χ3v) is 6.11. The van der Waals surface area contributed by atoms with E-state index in [0.29, 0.717) is 22.6 Å². The predicted octanol–water partition coefficient (Wildman–Crippen LogP) is 6.37. The Hall–Kier alpha value is -4.74. The lowest BCUT2D eigenvalue weighted by molar-refractivity contribution is -0.137. The molecule has 0 spiro atoms. The van der Waals surface area contributed by atoms with E-state index >= 15 is 0 Å². The molecular weight excluding hydrogens is 547 g/mol. The molecule has 2 aromatic carbocycles. The van der Waals surface area contributed by atoms with E-state index in [9.17, 15) is 22.9 Å². The van der Waals surface area contributed by atoms with Crippen molar-refractivity contribution in [3.05, 3.63) is 98.9 Å². The van der Waals surface area contributed by atoms with Gasteiger partial charge in [0.05, 0.1) is 29.1 Å². The lowest BCUT2D eigenvalue weighted by Crippen LogP contribution is -2.21. The van der Waals surface area contributed by atoms with Gasteiger partial charge in [-0.25, -0.2) is 4.99 Å². The van der Waals surface area contributed by atoms with E-state index < -0.39 is 17.6 Å². The van der Waals surface area contributed by atoms with Crippen LogP contribution in [-0.4, -0.2) is 38.1 Å². The molecule has 42 heavy (non-hydrogen) atoms. The molecule has 2 rings (SSSR count). The molecule has 5 N–H and O–H groups in total. The van der Waals surface area contributed by atoms with E-state index in [4.69, 9.17) is 5.73 Å². The zero-order chi connectivity index (χ0) is 31.3.